The number of primary amides is 1. The maximum atomic E-state index is 12.4. The van der Waals surface area contributed by atoms with Crippen LogP contribution in [-0.2, 0) is 24.0 Å². The van der Waals surface area contributed by atoms with Crippen LogP contribution in [0.25, 0.3) is 0 Å². The SMILES string of the molecule is CC(NC(=O)C(CC(N)=O)NC(=O)C1CCCN1C(=O)CN)C(=O)O. The molecule has 0 aromatic carbocycles. The van der Waals surface area contributed by atoms with Crippen LogP contribution in [0.2, 0.25) is 0 Å². The zero-order valence-corrected chi connectivity index (χ0v) is 13.9. The first-order valence-corrected chi connectivity index (χ1v) is 7.78. The molecule has 0 aromatic heterocycles. The molecule has 0 spiro atoms. The molecule has 1 heterocycles. The Labute approximate surface area is 144 Å². The predicted octanol–water partition coefficient (Wildman–Crippen LogP) is -3.11. The van der Waals surface area contributed by atoms with Gasteiger partial charge in [-0.2, -0.15) is 0 Å². The van der Waals surface area contributed by atoms with Crippen molar-refractivity contribution in [1.29, 1.82) is 0 Å². The van der Waals surface area contributed by atoms with Crippen LogP contribution in [0.5, 0.6) is 0 Å². The van der Waals surface area contributed by atoms with Gasteiger partial charge in [0, 0.05) is 6.54 Å². The molecular weight excluding hydrogens is 334 g/mol. The number of hydrogen-bond donors (Lipinski definition) is 5. The van der Waals surface area contributed by atoms with Crippen LogP contribution in [0.15, 0.2) is 0 Å². The molecule has 1 saturated heterocycles. The molecule has 1 rings (SSSR count). The lowest BCUT2D eigenvalue weighted by Crippen LogP contribution is -2.56. The van der Waals surface area contributed by atoms with Crippen molar-refractivity contribution in [3.8, 4) is 0 Å². The number of nitrogens with one attached hydrogen (secondary N) is 2. The third-order valence-electron chi connectivity index (χ3n) is 3.82. The Hall–Kier alpha value is -2.69. The molecule has 0 radical (unpaired) electrons. The topological polar surface area (TPSA) is 185 Å². The van der Waals surface area contributed by atoms with Crippen LogP contribution in [0.4, 0.5) is 0 Å². The van der Waals surface area contributed by atoms with Crippen LogP contribution in [-0.4, -0.2) is 70.8 Å². The van der Waals surface area contributed by atoms with Crippen LogP contribution < -0.4 is 22.1 Å². The number of amides is 4. The Kier molecular flexibility index (Phi) is 7.30. The minimum absolute atomic E-state index is 0.245. The summed E-state index contributed by atoms with van der Waals surface area (Å²) in [5.41, 5.74) is 10.4. The van der Waals surface area contributed by atoms with Crippen molar-refractivity contribution in [1.82, 2.24) is 15.5 Å². The summed E-state index contributed by atoms with van der Waals surface area (Å²) >= 11 is 0. The summed E-state index contributed by atoms with van der Waals surface area (Å²) in [6, 6.07) is -3.33. The van der Waals surface area contributed by atoms with Gasteiger partial charge in [0.05, 0.1) is 13.0 Å². The van der Waals surface area contributed by atoms with Crippen molar-refractivity contribution in [2.45, 2.75) is 44.3 Å². The van der Waals surface area contributed by atoms with E-state index in [9.17, 15) is 24.0 Å². The van der Waals surface area contributed by atoms with Gasteiger partial charge in [0.15, 0.2) is 0 Å². The van der Waals surface area contributed by atoms with Gasteiger partial charge in [-0.15, -0.1) is 0 Å². The van der Waals surface area contributed by atoms with E-state index in [-0.39, 0.29) is 6.54 Å². The fraction of sp³-hybridized carbons (Fsp3) is 0.643. The average Bonchev–Trinajstić information content (AvgIpc) is 3.02. The van der Waals surface area contributed by atoms with Gasteiger partial charge in [-0.05, 0) is 19.8 Å². The van der Waals surface area contributed by atoms with Gasteiger partial charge in [0.25, 0.3) is 0 Å². The zero-order valence-electron chi connectivity index (χ0n) is 13.9. The number of aliphatic carboxylic acids is 1. The Morgan fingerprint density at radius 3 is 2.40 bits per heavy atom. The Morgan fingerprint density at radius 1 is 1.24 bits per heavy atom. The highest BCUT2D eigenvalue weighted by Gasteiger charge is 2.36. The highest BCUT2D eigenvalue weighted by atomic mass is 16.4. The summed E-state index contributed by atoms with van der Waals surface area (Å²) in [4.78, 5) is 59.5. The molecule has 0 bridgehead atoms. The maximum absolute atomic E-state index is 12.4. The summed E-state index contributed by atoms with van der Waals surface area (Å²) in [5.74, 6) is -3.98. The summed E-state index contributed by atoms with van der Waals surface area (Å²) in [6.45, 7) is 1.37. The molecule has 0 saturated carbocycles. The van der Waals surface area contributed by atoms with Crippen molar-refractivity contribution in [3.63, 3.8) is 0 Å². The van der Waals surface area contributed by atoms with E-state index in [1.165, 1.54) is 11.8 Å². The molecular formula is C14H23N5O6. The van der Waals surface area contributed by atoms with E-state index in [4.69, 9.17) is 16.6 Å². The van der Waals surface area contributed by atoms with Crippen molar-refractivity contribution in [2.75, 3.05) is 13.1 Å². The monoisotopic (exact) mass is 357 g/mol. The van der Waals surface area contributed by atoms with Gasteiger partial charge < -0.3 is 32.1 Å². The molecule has 7 N–H and O–H groups in total. The van der Waals surface area contributed by atoms with Crippen molar-refractivity contribution in [3.05, 3.63) is 0 Å². The van der Waals surface area contributed by atoms with E-state index >= 15 is 0 Å². The van der Waals surface area contributed by atoms with E-state index in [0.717, 1.165) is 0 Å². The molecule has 1 aliphatic heterocycles. The maximum Gasteiger partial charge on any atom is 0.325 e. The number of nitrogens with two attached hydrogens (primary N) is 2. The lowest BCUT2D eigenvalue weighted by atomic mass is 10.1. The normalized spacial score (nSPS) is 19.0. The third-order valence-corrected chi connectivity index (χ3v) is 3.82. The Balaban J connectivity index is 2.81. The Bertz CT molecular complexity index is 566. The minimum atomic E-state index is -1.33. The van der Waals surface area contributed by atoms with E-state index < -0.39 is 54.1 Å². The summed E-state index contributed by atoms with van der Waals surface area (Å²) in [5, 5.41) is 13.4. The molecule has 0 aromatic rings. The molecule has 3 atom stereocenters. The smallest absolute Gasteiger partial charge is 0.325 e. The highest BCUT2D eigenvalue weighted by molar-refractivity contribution is 5.95. The number of likely N-dealkylation sites (tertiary alicyclic amines) is 1. The van der Waals surface area contributed by atoms with Gasteiger partial charge in [-0.25, -0.2) is 0 Å². The van der Waals surface area contributed by atoms with Crippen LogP contribution in [0.1, 0.15) is 26.2 Å². The van der Waals surface area contributed by atoms with E-state index in [2.05, 4.69) is 10.6 Å². The van der Waals surface area contributed by atoms with Gasteiger partial charge in [-0.1, -0.05) is 0 Å². The van der Waals surface area contributed by atoms with Gasteiger partial charge in [0.1, 0.15) is 18.1 Å². The number of carboxylic acid groups (broad SMARTS) is 1. The summed E-state index contributed by atoms with van der Waals surface area (Å²) in [6.07, 6.45) is 0.502. The molecule has 1 aliphatic rings. The van der Waals surface area contributed by atoms with Crippen LogP contribution >= 0.6 is 0 Å². The quantitative estimate of drug-likeness (QED) is 0.304. The second kappa shape index (κ2) is 8.97. The molecule has 0 aliphatic carbocycles. The van der Waals surface area contributed by atoms with Crippen molar-refractivity contribution >= 4 is 29.6 Å². The lowest BCUT2D eigenvalue weighted by Gasteiger charge is -2.26. The fourth-order valence-electron chi connectivity index (χ4n) is 2.51. The lowest BCUT2D eigenvalue weighted by molar-refractivity contribution is -0.142. The standard InChI is InChI=1S/C14H23N5O6/c1-7(14(24)25)17-12(22)8(5-10(16)20)18-13(23)9-3-2-4-19(9)11(21)6-15/h7-9H,2-6,15H2,1H3,(H2,16,20)(H,17,22)(H,18,23)(H,24,25). The van der Waals surface area contributed by atoms with E-state index in [0.29, 0.717) is 19.4 Å². The molecule has 4 amide bonds. The number of carbonyl (C=O) groups is 5. The second-order valence-electron chi connectivity index (χ2n) is 5.75. The van der Waals surface area contributed by atoms with E-state index in [1.54, 1.807) is 0 Å². The molecule has 140 valence electrons. The Morgan fingerprint density at radius 2 is 1.88 bits per heavy atom. The fourth-order valence-corrected chi connectivity index (χ4v) is 2.51. The number of nitrogens with zero attached hydrogens (tertiary/aromatic N) is 1. The highest BCUT2D eigenvalue weighted by Crippen LogP contribution is 2.17. The second-order valence-corrected chi connectivity index (χ2v) is 5.75. The minimum Gasteiger partial charge on any atom is -0.480 e. The number of carbonyl (C=O) groups excluding carboxylic acids is 4. The number of hydrogen-bond acceptors (Lipinski definition) is 6. The predicted molar refractivity (Wildman–Crippen MR) is 84.8 cm³/mol. The van der Waals surface area contributed by atoms with Crippen LogP contribution in [0, 0.1) is 0 Å². The third kappa shape index (κ3) is 5.71. The summed E-state index contributed by atoms with van der Waals surface area (Å²) in [7, 11) is 0. The van der Waals surface area contributed by atoms with Gasteiger partial charge in [-0.3, -0.25) is 24.0 Å². The van der Waals surface area contributed by atoms with E-state index in [1.807, 2.05) is 0 Å². The average molecular weight is 357 g/mol. The zero-order chi connectivity index (χ0) is 19.1. The molecule has 1 fully saturated rings. The first kappa shape index (κ1) is 20.4. The molecule has 11 heteroatoms. The first-order chi connectivity index (χ1) is 11.7. The largest absolute Gasteiger partial charge is 0.480 e. The first-order valence-electron chi connectivity index (χ1n) is 7.78. The van der Waals surface area contributed by atoms with Gasteiger partial charge >= 0.3 is 5.97 Å². The van der Waals surface area contributed by atoms with Crippen molar-refractivity contribution in [2.24, 2.45) is 11.5 Å². The number of carboxylic acids is 1. The van der Waals surface area contributed by atoms with Gasteiger partial charge in [0.2, 0.25) is 23.6 Å². The van der Waals surface area contributed by atoms with Crippen LogP contribution in [0.3, 0.4) is 0 Å². The number of rotatable bonds is 8. The van der Waals surface area contributed by atoms with Crippen molar-refractivity contribution < 1.29 is 29.1 Å². The summed E-state index contributed by atoms with van der Waals surface area (Å²) < 4.78 is 0. The molecule has 25 heavy (non-hydrogen) atoms. The molecule has 11 nitrogen and oxygen atoms in total. The molecule has 3 unspecified atom stereocenters.